The average molecular weight is 304 g/mol. The number of nitrogens with one attached hydrogen (secondary N) is 1. The first-order chi connectivity index (χ1) is 9.45. The maximum Gasteiger partial charge on any atom is 0.161 e. The molecular weight excluding hydrogens is 294 g/mol. The highest BCUT2D eigenvalue weighted by molar-refractivity contribution is 6.30. The van der Waals surface area contributed by atoms with Crippen LogP contribution in [-0.2, 0) is 0 Å². The highest BCUT2D eigenvalue weighted by Crippen LogP contribution is 2.30. The molecule has 2 rings (SSSR count). The number of halogens is 5. The van der Waals surface area contributed by atoms with Crippen LogP contribution in [0.25, 0.3) is 0 Å². The molecule has 20 heavy (non-hydrogen) atoms. The van der Waals surface area contributed by atoms with Gasteiger partial charge in [-0.05, 0) is 19.2 Å². The summed E-state index contributed by atoms with van der Waals surface area (Å²) < 4.78 is 54.0. The number of hydrogen-bond acceptors (Lipinski definition) is 1. The fourth-order valence-electron chi connectivity index (χ4n) is 1.98. The lowest BCUT2D eigenvalue weighted by atomic mass is 9.97. The molecule has 2 aromatic rings. The minimum Gasteiger partial charge on any atom is -0.309 e. The summed E-state index contributed by atoms with van der Waals surface area (Å²) in [6, 6.07) is 4.37. The molecular formula is C14H10ClF4N. The third-order valence-electron chi connectivity index (χ3n) is 2.93. The molecule has 6 heteroatoms. The molecule has 1 atom stereocenters. The predicted octanol–water partition coefficient (Wildman–Crippen LogP) is 4.21. The molecule has 1 unspecified atom stereocenters. The van der Waals surface area contributed by atoms with Gasteiger partial charge in [0.25, 0.3) is 0 Å². The summed E-state index contributed by atoms with van der Waals surface area (Å²) >= 11 is 5.67. The molecule has 0 amide bonds. The Hall–Kier alpha value is -1.59. The Morgan fingerprint density at radius 2 is 1.60 bits per heavy atom. The summed E-state index contributed by atoms with van der Waals surface area (Å²) in [6.07, 6.45) is 0. The Balaban J connectivity index is 2.58. The molecule has 106 valence electrons. The minimum absolute atomic E-state index is 0.0462. The second kappa shape index (κ2) is 5.81. The van der Waals surface area contributed by atoms with Crippen molar-refractivity contribution in [2.45, 2.75) is 6.04 Å². The van der Waals surface area contributed by atoms with Crippen molar-refractivity contribution in [1.29, 1.82) is 0 Å². The van der Waals surface area contributed by atoms with Crippen molar-refractivity contribution in [2.75, 3.05) is 7.05 Å². The van der Waals surface area contributed by atoms with E-state index >= 15 is 0 Å². The van der Waals surface area contributed by atoms with E-state index in [0.29, 0.717) is 12.1 Å². The third-order valence-corrected chi connectivity index (χ3v) is 3.22. The van der Waals surface area contributed by atoms with Crippen molar-refractivity contribution in [3.63, 3.8) is 0 Å². The lowest BCUT2D eigenvalue weighted by Gasteiger charge is -2.19. The molecule has 0 aliphatic rings. The van der Waals surface area contributed by atoms with E-state index in [4.69, 9.17) is 11.6 Å². The summed E-state index contributed by atoms with van der Waals surface area (Å²) in [5.41, 5.74) is -0.155. The van der Waals surface area contributed by atoms with Crippen LogP contribution in [0.4, 0.5) is 17.6 Å². The topological polar surface area (TPSA) is 12.0 Å². The van der Waals surface area contributed by atoms with E-state index in [1.807, 2.05) is 0 Å². The monoisotopic (exact) mass is 303 g/mol. The van der Waals surface area contributed by atoms with Crippen LogP contribution in [-0.4, -0.2) is 7.05 Å². The lowest BCUT2D eigenvalue weighted by molar-refractivity contribution is 0.481. The van der Waals surface area contributed by atoms with E-state index in [1.165, 1.54) is 25.2 Å². The van der Waals surface area contributed by atoms with Crippen molar-refractivity contribution in [1.82, 2.24) is 5.32 Å². The maximum atomic E-state index is 14.0. The molecule has 1 N–H and O–H groups in total. The SMILES string of the molecule is CNC(c1cc(F)c(F)cc1F)c1cccc(Cl)c1F. The first-order valence-corrected chi connectivity index (χ1v) is 6.09. The zero-order valence-electron chi connectivity index (χ0n) is 10.4. The second-order valence-corrected chi connectivity index (χ2v) is 4.56. The molecule has 0 aromatic heterocycles. The van der Waals surface area contributed by atoms with E-state index in [2.05, 4.69) is 5.32 Å². The molecule has 0 saturated carbocycles. The van der Waals surface area contributed by atoms with Gasteiger partial charge < -0.3 is 5.32 Å². The van der Waals surface area contributed by atoms with Crippen molar-refractivity contribution < 1.29 is 17.6 Å². The first-order valence-electron chi connectivity index (χ1n) is 5.71. The van der Waals surface area contributed by atoms with E-state index in [0.717, 1.165) is 0 Å². The van der Waals surface area contributed by atoms with E-state index < -0.39 is 29.3 Å². The number of rotatable bonds is 3. The number of benzene rings is 2. The maximum absolute atomic E-state index is 14.0. The van der Waals surface area contributed by atoms with Crippen LogP contribution in [0.2, 0.25) is 5.02 Å². The number of hydrogen-bond donors (Lipinski definition) is 1. The lowest BCUT2D eigenvalue weighted by Crippen LogP contribution is -2.20. The summed E-state index contributed by atoms with van der Waals surface area (Å²) in [6.45, 7) is 0. The largest absolute Gasteiger partial charge is 0.309 e. The second-order valence-electron chi connectivity index (χ2n) is 4.15. The van der Waals surface area contributed by atoms with Crippen LogP contribution in [0.15, 0.2) is 30.3 Å². The van der Waals surface area contributed by atoms with E-state index in [1.54, 1.807) is 0 Å². The van der Waals surface area contributed by atoms with Crippen LogP contribution in [0.5, 0.6) is 0 Å². The van der Waals surface area contributed by atoms with Gasteiger partial charge in [-0.25, -0.2) is 17.6 Å². The van der Waals surface area contributed by atoms with Crippen molar-refractivity contribution >= 4 is 11.6 Å². The van der Waals surface area contributed by atoms with Crippen molar-refractivity contribution in [3.05, 3.63) is 69.8 Å². The Bertz CT molecular complexity index is 645. The van der Waals surface area contributed by atoms with Crippen LogP contribution in [0.1, 0.15) is 17.2 Å². The highest BCUT2D eigenvalue weighted by Gasteiger charge is 2.22. The van der Waals surface area contributed by atoms with Crippen molar-refractivity contribution in [3.8, 4) is 0 Å². The standard InChI is InChI=1S/C14H10ClF4N/c1-20-14(7-3-2-4-9(15)13(7)19)8-5-11(17)12(18)6-10(8)16/h2-6,14,20H,1H3. The Kier molecular flexibility index (Phi) is 4.30. The van der Waals surface area contributed by atoms with Gasteiger partial charge in [-0.2, -0.15) is 0 Å². The van der Waals surface area contributed by atoms with Gasteiger partial charge >= 0.3 is 0 Å². The Labute approximate surface area is 118 Å². The molecule has 0 radical (unpaired) electrons. The fraction of sp³-hybridized carbons (Fsp3) is 0.143. The van der Waals surface area contributed by atoms with Gasteiger partial charge in [0.1, 0.15) is 11.6 Å². The summed E-state index contributed by atoms with van der Waals surface area (Å²) in [5, 5.41) is 2.53. The molecule has 0 aliphatic carbocycles. The van der Waals surface area contributed by atoms with E-state index in [-0.39, 0.29) is 16.1 Å². The fourth-order valence-corrected chi connectivity index (χ4v) is 2.16. The average Bonchev–Trinajstić information content (AvgIpc) is 2.41. The Morgan fingerprint density at radius 1 is 0.950 bits per heavy atom. The third kappa shape index (κ3) is 2.64. The molecule has 0 bridgehead atoms. The summed E-state index contributed by atoms with van der Waals surface area (Å²) in [7, 11) is 1.45. The van der Waals surface area contributed by atoms with Crippen LogP contribution < -0.4 is 5.32 Å². The van der Waals surface area contributed by atoms with Gasteiger partial charge in [-0.15, -0.1) is 0 Å². The molecule has 0 fully saturated rings. The molecule has 0 saturated heterocycles. The minimum atomic E-state index is -1.30. The van der Waals surface area contributed by atoms with Gasteiger partial charge in [-0.1, -0.05) is 23.7 Å². The molecule has 0 heterocycles. The first kappa shape index (κ1) is 14.8. The zero-order chi connectivity index (χ0) is 14.9. The smallest absolute Gasteiger partial charge is 0.161 e. The van der Waals surface area contributed by atoms with Crippen molar-refractivity contribution in [2.24, 2.45) is 0 Å². The quantitative estimate of drug-likeness (QED) is 0.662. The van der Waals surface area contributed by atoms with E-state index in [9.17, 15) is 17.6 Å². The molecule has 2 aromatic carbocycles. The Morgan fingerprint density at radius 3 is 2.25 bits per heavy atom. The predicted molar refractivity (Wildman–Crippen MR) is 68.6 cm³/mol. The summed E-state index contributed by atoms with van der Waals surface area (Å²) in [5.74, 6) is -4.21. The highest BCUT2D eigenvalue weighted by atomic mass is 35.5. The zero-order valence-corrected chi connectivity index (χ0v) is 11.1. The normalized spacial score (nSPS) is 12.5. The van der Waals surface area contributed by atoms with Crippen LogP contribution in [0, 0.1) is 23.3 Å². The van der Waals surface area contributed by atoms with Gasteiger partial charge in [0.2, 0.25) is 0 Å². The van der Waals surface area contributed by atoms with Gasteiger partial charge in [0.05, 0.1) is 11.1 Å². The molecule has 0 aliphatic heterocycles. The van der Waals surface area contributed by atoms with Crippen LogP contribution in [0.3, 0.4) is 0 Å². The summed E-state index contributed by atoms with van der Waals surface area (Å²) in [4.78, 5) is 0. The van der Waals surface area contributed by atoms with Crippen LogP contribution >= 0.6 is 11.6 Å². The van der Waals surface area contributed by atoms with Gasteiger partial charge in [-0.3, -0.25) is 0 Å². The van der Waals surface area contributed by atoms with Gasteiger partial charge in [0.15, 0.2) is 11.6 Å². The van der Waals surface area contributed by atoms with Gasteiger partial charge in [0, 0.05) is 17.2 Å². The molecule has 1 nitrogen and oxygen atoms in total. The molecule has 0 spiro atoms.